The van der Waals surface area contributed by atoms with Gasteiger partial charge < -0.3 is 20.1 Å². The molecule has 0 aliphatic rings. The van der Waals surface area contributed by atoms with E-state index in [2.05, 4.69) is 79.9 Å². The fraction of sp³-hybridized carbons (Fsp3) is 0.692. The molecular weight excluding hydrogens is 641 g/mol. The zero-order valence-electron chi connectivity index (χ0n) is 30.6. The van der Waals surface area contributed by atoms with Gasteiger partial charge in [-0.1, -0.05) is 132 Å². The normalized spacial score (nSPS) is 14.1. The van der Waals surface area contributed by atoms with Gasteiger partial charge in [-0.15, -0.1) is 0 Å². The molecule has 49 heavy (non-hydrogen) atoms. The number of esters is 1. The molecule has 0 heterocycles. The molecule has 9 nitrogen and oxygen atoms in total. The summed E-state index contributed by atoms with van der Waals surface area (Å²) >= 11 is 0. The maximum absolute atomic E-state index is 12.0. The summed E-state index contributed by atoms with van der Waals surface area (Å²) < 4.78 is 26.7. The Kier molecular flexibility index (Phi) is 33.9. The van der Waals surface area contributed by atoms with Crippen molar-refractivity contribution in [1.29, 1.82) is 0 Å². The highest BCUT2D eigenvalue weighted by Gasteiger charge is 2.23. The Morgan fingerprint density at radius 3 is 1.76 bits per heavy atom. The molecule has 2 unspecified atom stereocenters. The van der Waals surface area contributed by atoms with Gasteiger partial charge in [0.15, 0.2) is 0 Å². The standard InChI is InChI=1S/C39H68NO8P/c1-3-5-7-9-11-13-14-15-16-17-18-19-20-21-22-24-26-28-30-32-39(43)46-35-37(41)36-48-49(44,45)47-34-33-40-38(42)31-29-27-25-23-12-10-8-6-4-2/h5,7,11,13,15-16,18-19,21-22,37,41H,3-4,6,8-10,12,14,17,20,23-36H2,1-2H3,(H,40,42)(H,44,45)/b7-5-,13-11-,16-15-,19-18-,22-21-. The molecule has 0 spiro atoms. The van der Waals surface area contributed by atoms with Crippen LogP contribution in [0.2, 0.25) is 0 Å². The number of phosphoric acid groups is 1. The maximum Gasteiger partial charge on any atom is 0.472 e. The Balaban J connectivity index is 3.71. The van der Waals surface area contributed by atoms with Crippen LogP contribution < -0.4 is 5.32 Å². The van der Waals surface area contributed by atoms with E-state index in [4.69, 9.17) is 13.8 Å². The van der Waals surface area contributed by atoms with Crippen LogP contribution in [-0.2, 0) is 27.9 Å². The summed E-state index contributed by atoms with van der Waals surface area (Å²) in [5, 5.41) is 12.6. The molecule has 0 radical (unpaired) electrons. The molecule has 1 amide bonds. The minimum atomic E-state index is -4.42. The number of hydrogen-bond acceptors (Lipinski definition) is 7. The topological polar surface area (TPSA) is 131 Å². The quantitative estimate of drug-likeness (QED) is 0.0261. The summed E-state index contributed by atoms with van der Waals surface area (Å²) in [5.74, 6) is -0.557. The van der Waals surface area contributed by atoms with Crippen LogP contribution in [0.1, 0.15) is 142 Å². The smallest absolute Gasteiger partial charge is 0.463 e. The first-order valence-electron chi connectivity index (χ1n) is 18.8. The average molecular weight is 710 g/mol. The number of unbranched alkanes of at least 4 members (excludes halogenated alkanes) is 11. The molecule has 2 atom stereocenters. The largest absolute Gasteiger partial charge is 0.472 e. The van der Waals surface area contributed by atoms with Crippen LogP contribution in [0.25, 0.3) is 0 Å². The van der Waals surface area contributed by atoms with Crippen LogP contribution in [0.15, 0.2) is 60.8 Å². The van der Waals surface area contributed by atoms with Crippen LogP contribution in [0.3, 0.4) is 0 Å². The Hall–Kier alpha value is -2.29. The van der Waals surface area contributed by atoms with Gasteiger partial charge in [0.1, 0.15) is 12.7 Å². The van der Waals surface area contributed by atoms with Crippen molar-refractivity contribution in [3.63, 3.8) is 0 Å². The van der Waals surface area contributed by atoms with E-state index in [-0.39, 0.29) is 32.1 Å². The summed E-state index contributed by atoms with van der Waals surface area (Å²) in [4.78, 5) is 33.7. The molecule has 3 N–H and O–H groups in total. The zero-order chi connectivity index (χ0) is 36.1. The van der Waals surface area contributed by atoms with Gasteiger partial charge in [-0.3, -0.25) is 18.6 Å². The van der Waals surface area contributed by atoms with Gasteiger partial charge in [-0.05, 0) is 57.8 Å². The van der Waals surface area contributed by atoms with E-state index in [0.29, 0.717) is 12.8 Å². The Morgan fingerprint density at radius 1 is 0.653 bits per heavy atom. The first-order chi connectivity index (χ1) is 23.8. The Bertz CT molecular complexity index is 992. The van der Waals surface area contributed by atoms with E-state index in [1.807, 2.05) is 0 Å². The van der Waals surface area contributed by atoms with Crippen LogP contribution in [0.4, 0.5) is 0 Å². The lowest BCUT2D eigenvalue weighted by Gasteiger charge is -2.15. The predicted molar refractivity (Wildman–Crippen MR) is 201 cm³/mol. The highest BCUT2D eigenvalue weighted by atomic mass is 31.2. The zero-order valence-corrected chi connectivity index (χ0v) is 31.5. The molecule has 0 saturated heterocycles. The van der Waals surface area contributed by atoms with Crippen molar-refractivity contribution in [2.24, 2.45) is 0 Å². The number of ether oxygens (including phenoxy) is 1. The van der Waals surface area contributed by atoms with Crippen molar-refractivity contribution < 1.29 is 37.9 Å². The SMILES string of the molecule is CC/C=C\C/C=C\C/C=C\C/C=C\C/C=C\CCCCCC(=O)OCC(O)COP(=O)(O)OCCNC(=O)CCCCCCCCCCC. The van der Waals surface area contributed by atoms with Crippen molar-refractivity contribution in [2.45, 2.75) is 148 Å². The first kappa shape index (κ1) is 46.7. The lowest BCUT2D eigenvalue weighted by atomic mass is 10.1. The molecular formula is C39H68NO8P. The van der Waals surface area contributed by atoms with Crippen molar-refractivity contribution in [3.05, 3.63) is 60.8 Å². The highest BCUT2D eigenvalue weighted by Crippen LogP contribution is 2.42. The molecule has 0 aromatic heterocycles. The summed E-state index contributed by atoms with van der Waals surface area (Å²) in [5.41, 5.74) is 0. The van der Waals surface area contributed by atoms with Gasteiger partial charge in [0, 0.05) is 19.4 Å². The molecule has 0 bridgehead atoms. The van der Waals surface area contributed by atoms with Gasteiger partial charge in [0.2, 0.25) is 5.91 Å². The average Bonchev–Trinajstić information content (AvgIpc) is 3.08. The summed E-state index contributed by atoms with van der Waals surface area (Å²) in [6.07, 6.45) is 40.1. The van der Waals surface area contributed by atoms with E-state index in [0.717, 1.165) is 70.6 Å². The lowest BCUT2D eigenvalue weighted by Crippen LogP contribution is -2.27. The number of amides is 1. The minimum Gasteiger partial charge on any atom is -0.463 e. The molecule has 0 aliphatic carbocycles. The second-order valence-corrected chi connectivity index (χ2v) is 13.6. The number of aliphatic hydroxyl groups is 1. The molecule has 0 rings (SSSR count). The van der Waals surface area contributed by atoms with Crippen molar-refractivity contribution in [3.8, 4) is 0 Å². The number of hydrogen-bond donors (Lipinski definition) is 3. The number of carbonyl (C=O) groups is 2. The van der Waals surface area contributed by atoms with E-state index < -0.39 is 26.5 Å². The third-order valence-corrected chi connectivity index (χ3v) is 8.45. The molecule has 0 aromatic carbocycles. The molecule has 10 heteroatoms. The van der Waals surface area contributed by atoms with E-state index in [1.54, 1.807) is 0 Å². The number of allylic oxidation sites excluding steroid dienone is 10. The van der Waals surface area contributed by atoms with E-state index in [1.165, 1.54) is 38.5 Å². The second kappa shape index (κ2) is 35.5. The molecule has 0 aromatic rings. The monoisotopic (exact) mass is 709 g/mol. The Labute approximate surface area is 298 Å². The van der Waals surface area contributed by atoms with E-state index >= 15 is 0 Å². The first-order valence-corrected chi connectivity index (χ1v) is 20.3. The number of nitrogens with one attached hydrogen (secondary N) is 1. The van der Waals surface area contributed by atoms with Crippen molar-refractivity contribution in [2.75, 3.05) is 26.4 Å². The fourth-order valence-corrected chi connectivity index (χ4v) is 5.40. The molecule has 0 fully saturated rings. The highest BCUT2D eigenvalue weighted by molar-refractivity contribution is 7.47. The van der Waals surface area contributed by atoms with Gasteiger partial charge in [0.25, 0.3) is 0 Å². The summed E-state index contributed by atoms with van der Waals surface area (Å²) in [6.45, 7) is 3.35. The van der Waals surface area contributed by atoms with Gasteiger partial charge >= 0.3 is 13.8 Å². The number of phosphoric ester groups is 1. The molecule has 0 aliphatic heterocycles. The lowest BCUT2D eigenvalue weighted by molar-refractivity contribution is -0.147. The Morgan fingerprint density at radius 2 is 1.16 bits per heavy atom. The maximum atomic E-state index is 12.0. The predicted octanol–water partition coefficient (Wildman–Crippen LogP) is 9.76. The van der Waals surface area contributed by atoms with Crippen LogP contribution in [0, 0.1) is 0 Å². The van der Waals surface area contributed by atoms with Gasteiger partial charge in [-0.25, -0.2) is 4.57 Å². The second-order valence-electron chi connectivity index (χ2n) is 12.2. The van der Waals surface area contributed by atoms with Gasteiger partial charge in [-0.2, -0.15) is 0 Å². The molecule has 0 saturated carbocycles. The summed E-state index contributed by atoms with van der Waals surface area (Å²) in [7, 11) is -4.42. The van der Waals surface area contributed by atoms with Crippen LogP contribution in [-0.4, -0.2) is 54.3 Å². The fourth-order valence-electron chi connectivity index (χ4n) is 4.64. The number of aliphatic hydroxyl groups excluding tert-OH is 1. The number of rotatable bonds is 34. The summed E-state index contributed by atoms with van der Waals surface area (Å²) in [6, 6.07) is 0. The van der Waals surface area contributed by atoms with E-state index in [9.17, 15) is 24.2 Å². The molecule has 282 valence electrons. The number of carbonyl (C=O) groups excluding carboxylic acids is 2. The van der Waals surface area contributed by atoms with Crippen LogP contribution in [0.5, 0.6) is 0 Å². The van der Waals surface area contributed by atoms with Gasteiger partial charge in [0.05, 0.1) is 13.2 Å². The minimum absolute atomic E-state index is 0.0760. The van der Waals surface area contributed by atoms with Crippen molar-refractivity contribution in [1.82, 2.24) is 5.32 Å². The van der Waals surface area contributed by atoms with Crippen molar-refractivity contribution >= 4 is 19.7 Å². The van der Waals surface area contributed by atoms with Crippen LogP contribution >= 0.6 is 7.82 Å². The third kappa shape index (κ3) is 36.8. The third-order valence-electron chi connectivity index (χ3n) is 7.46.